The van der Waals surface area contributed by atoms with Crippen LogP contribution in [0.4, 0.5) is 5.69 Å². The summed E-state index contributed by atoms with van der Waals surface area (Å²) in [6.45, 7) is 4.76. The first-order chi connectivity index (χ1) is 10.6. The Morgan fingerprint density at radius 2 is 1.91 bits per heavy atom. The van der Waals surface area contributed by atoms with Crippen molar-refractivity contribution in [2.45, 2.75) is 20.4 Å². The molecule has 0 radical (unpaired) electrons. The van der Waals surface area contributed by atoms with E-state index in [0.29, 0.717) is 6.54 Å². The number of ether oxygens (including phenoxy) is 1. The van der Waals surface area contributed by atoms with E-state index in [0.717, 1.165) is 22.6 Å². The van der Waals surface area contributed by atoms with Gasteiger partial charge in [-0.05, 0) is 37.1 Å². The maximum Gasteiger partial charge on any atom is 0.239 e. The molecule has 0 bridgehead atoms. The van der Waals surface area contributed by atoms with Crippen LogP contribution in [-0.4, -0.2) is 19.6 Å². The van der Waals surface area contributed by atoms with Crippen molar-refractivity contribution in [2.24, 2.45) is 0 Å². The van der Waals surface area contributed by atoms with Gasteiger partial charge in [-0.25, -0.2) is 0 Å². The van der Waals surface area contributed by atoms with Gasteiger partial charge in [0.1, 0.15) is 5.75 Å². The average molecular weight is 298 g/mol. The molecule has 0 heterocycles. The number of rotatable bonds is 6. The Labute approximate surface area is 131 Å². The second kappa shape index (κ2) is 7.50. The quantitative estimate of drug-likeness (QED) is 0.862. The van der Waals surface area contributed by atoms with E-state index in [1.807, 2.05) is 50.2 Å². The molecule has 0 atom stereocenters. The number of benzene rings is 2. The summed E-state index contributed by atoms with van der Waals surface area (Å²) in [4.78, 5) is 12.0. The molecule has 4 nitrogen and oxygen atoms in total. The van der Waals surface area contributed by atoms with Crippen molar-refractivity contribution in [2.75, 3.05) is 19.0 Å². The summed E-state index contributed by atoms with van der Waals surface area (Å²) in [7, 11) is 1.63. The summed E-state index contributed by atoms with van der Waals surface area (Å²) in [6, 6.07) is 13.8. The summed E-state index contributed by atoms with van der Waals surface area (Å²) in [6.07, 6.45) is 0. The minimum absolute atomic E-state index is 0.0492. The van der Waals surface area contributed by atoms with Gasteiger partial charge in [0.25, 0.3) is 0 Å². The molecule has 0 aromatic heterocycles. The van der Waals surface area contributed by atoms with E-state index in [1.165, 1.54) is 5.56 Å². The highest BCUT2D eigenvalue weighted by molar-refractivity contribution is 5.81. The van der Waals surface area contributed by atoms with Crippen LogP contribution in [0, 0.1) is 13.8 Å². The molecule has 0 spiro atoms. The fourth-order valence-electron chi connectivity index (χ4n) is 2.21. The first kappa shape index (κ1) is 15.9. The molecule has 2 aromatic rings. The molecule has 2 aromatic carbocycles. The monoisotopic (exact) mass is 298 g/mol. The second-order valence-electron chi connectivity index (χ2n) is 5.26. The van der Waals surface area contributed by atoms with E-state index >= 15 is 0 Å². The Bertz CT molecular complexity index is 653. The van der Waals surface area contributed by atoms with Crippen LogP contribution in [-0.2, 0) is 11.3 Å². The lowest BCUT2D eigenvalue weighted by molar-refractivity contribution is -0.119. The average Bonchev–Trinajstić information content (AvgIpc) is 2.54. The van der Waals surface area contributed by atoms with Gasteiger partial charge in [-0.3, -0.25) is 4.79 Å². The van der Waals surface area contributed by atoms with E-state index in [4.69, 9.17) is 4.74 Å². The molecule has 0 fully saturated rings. The SMILES string of the molecule is COc1ccccc1CNC(=O)CNc1cc(C)ccc1C. The molecular weight excluding hydrogens is 276 g/mol. The lowest BCUT2D eigenvalue weighted by Crippen LogP contribution is -2.29. The molecule has 0 saturated heterocycles. The smallest absolute Gasteiger partial charge is 0.239 e. The van der Waals surface area contributed by atoms with Crippen LogP contribution in [0.2, 0.25) is 0 Å². The Morgan fingerprint density at radius 1 is 1.14 bits per heavy atom. The van der Waals surface area contributed by atoms with Crippen molar-refractivity contribution in [1.82, 2.24) is 5.32 Å². The third kappa shape index (κ3) is 4.25. The lowest BCUT2D eigenvalue weighted by Gasteiger charge is -2.12. The topological polar surface area (TPSA) is 50.4 Å². The number of nitrogens with one attached hydrogen (secondary N) is 2. The van der Waals surface area contributed by atoms with E-state index in [-0.39, 0.29) is 12.5 Å². The number of carbonyl (C=O) groups excluding carboxylic acids is 1. The highest BCUT2D eigenvalue weighted by Gasteiger charge is 2.06. The van der Waals surface area contributed by atoms with Gasteiger partial charge in [0.15, 0.2) is 0 Å². The zero-order valence-corrected chi connectivity index (χ0v) is 13.3. The van der Waals surface area contributed by atoms with Crippen molar-refractivity contribution in [3.63, 3.8) is 0 Å². The minimum Gasteiger partial charge on any atom is -0.496 e. The summed E-state index contributed by atoms with van der Waals surface area (Å²) in [5.74, 6) is 0.733. The number of anilines is 1. The summed E-state index contributed by atoms with van der Waals surface area (Å²) in [5, 5.41) is 6.07. The largest absolute Gasteiger partial charge is 0.496 e. The Kier molecular flexibility index (Phi) is 5.42. The number of aryl methyl sites for hydroxylation is 2. The molecule has 22 heavy (non-hydrogen) atoms. The molecule has 1 amide bonds. The zero-order chi connectivity index (χ0) is 15.9. The zero-order valence-electron chi connectivity index (χ0n) is 13.3. The molecule has 0 aliphatic carbocycles. The van der Waals surface area contributed by atoms with Crippen LogP contribution in [0.5, 0.6) is 5.75 Å². The first-order valence-electron chi connectivity index (χ1n) is 7.30. The van der Waals surface area contributed by atoms with Gasteiger partial charge in [0, 0.05) is 17.8 Å². The van der Waals surface area contributed by atoms with Gasteiger partial charge in [-0.15, -0.1) is 0 Å². The summed E-state index contributed by atoms with van der Waals surface area (Å²) >= 11 is 0. The van der Waals surface area contributed by atoms with Crippen LogP contribution in [0.3, 0.4) is 0 Å². The lowest BCUT2D eigenvalue weighted by atomic mass is 10.1. The van der Waals surface area contributed by atoms with Crippen molar-refractivity contribution in [3.8, 4) is 5.75 Å². The number of para-hydroxylation sites is 1. The molecule has 0 aliphatic rings. The van der Waals surface area contributed by atoms with Crippen LogP contribution >= 0.6 is 0 Å². The standard InChI is InChI=1S/C18H22N2O2/c1-13-8-9-14(2)16(10-13)19-12-18(21)20-11-15-6-4-5-7-17(15)22-3/h4-10,19H,11-12H2,1-3H3,(H,20,21). The van der Waals surface area contributed by atoms with Crippen molar-refractivity contribution in [3.05, 3.63) is 59.2 Å². The van der Waals surface area contributed by atoms with Gasteiger partial charge in [-0.1, -0.05) is 30.3 Å². The minimum atomic E-state index is -0.0492. The van der Waals surface area contributed by atoms with Gasteiger partial charge < -0.3 is 15.4 Å². The number of amides is 1. The van der Waals surface area contributed by atoms with Gasteiger partial charge in [0.2, 0.25) is 5.91 Å². The van der Waals surface area contributed by atoms with Gasteiger partial charge in [-0.2, -0.15) is 0 Å². The third-order valence-corrected chi connectivity index (χ3v) is 3.50. The number of hydrogen-bond acceptors (Lipinski definition) is 3. The van der Waals surface area contributed by atoms with E-state index < -0.39 is 0 Å². The van der Waals surface area contributed by atoms with Crippen molar-refractivity contribution >= 4 is 11.6 Å². The molecule has 2 N–H and O–H groups in total. The van der Waals surface area contributed by atoms with E-state index in [9.17, 15) is 4.79 Å². The van der Waals surface area contributed by atoms with Gasteiger partial charge >= 0.3 is 0 Å². The van der Waals surface area contributed by atoms with Crippen molar-refractivity contribution in [1.29, 1.82) is 0 Å². The maximum absolute atomic E-state index is 12.0. The highest BCUT2D eigenvalue weighted by Crippen LogP contribution is 2.17. The predicted molar refractivity (Wildman–Crippen MR) is 89.2 cm³/mol. The Balaban J connectivity index is 1.87. The number of hydrogen-bond donors (Lipinski definition) is 2. The fourth-order valence-corrected chi connectivity index (χ4v) is 2.21. The second-order valence-corrected chi connectivity index (χ2v) is 5.26. The molecule has 0 aliphatic heterocycles. The van der Waals surface area contributed by atoms with Crippen LogP contribution in [0.25, 0.3) is 0 Å². The predicted octanol–water partition coefficient (Wildman–Crippen LogP) is 3.04. The van der Waals surface area contributed by atoms with E-state index in [2.05, 4.69) is 16.7 Å². The highest BCUT2D eigenvalue weighted by atomic mass is 16.5. The Hall–Kier alpha value is -2.49. The third-order valence-electron chi connectivity index (χ3n) is 3.50. The van der Waals surface area contributed by atoms with Crippen molar-refractivity contribution < 1.29 is 9.53 Å². The molecule has 4 heteroatoms. The number of carbonyl (C=O) groups is 1. The van der Waals surface area contributed by atoms with Crippen LogP contribution in [0.15, 0.2) is 42.5 Å². The Morgan fingerprint density at radius 3 is 2.68 bits per heavy atom. The number of methoxy groups -OCH3 is 1. The van der Waals surface area contributed by atoms with Crippen LogP contribution < -0.4 is 15.4 Å². The molecule has 116 valence electrons. The summed E-state index contributed by atoms with van der Waals surface area (Å²) < 4.78 is 5.27. The fraction of sp³-hybridized carbons (Fsp3) is 0.278. The molecule has 2 rings (SSSR count). The molecular formula is C18H22N2O2. The molecule has 0 saturated carbocycles. The van der Waals surface area contributed by atoms with Crippen LogP contribution in [0.1, 0.15) is 16.7 Å². The first-order valence-corrected chi connectivity index (χ1v) is 7.30. The summed E-state index contributed by atoms with van der Waals surface area (Å²) in [5.41, 5.74) is 4.25. The normalized spacial score (nSPS) is 10.1. The maximum atomic E-state index is 12.0. The molecule has 0 unspecified atom stereocenters. The van der Waals surface area contributed by atoms with E-state index in [1.54, 1.807) is 7.11 Å². The van der Waals surface area contributed by atoms with Gasteiger partial charge in [0.05, 0.1) is 13.7 Å².